The molecule has 0 spiro atoms. The topological polar surface area (TPSA) is 92.1 Å². The minimum Gasteiger partial charge on any atom is -0.479 e. The molecule has 2 heterocycles. The Labute approximate surface area is 195 Å². The second kappa shape index (κ2) is 7.78. The third kappa shape index (κ3) is 3.09. The molecule has 2 aliphatic carbocycles. The molecule has 1 fully saturated rings. The summed E-state index contributed by atoms with van der Waals surface area (Å²) in [5.74, 6) is -1.45. The van der Waals surface area contributed by atoms with Gasteiger partial charge in [0.15, 0.2) is 0 Å². The molecule has 2 aromatic heterocycles. The number of rotatable bonds is 5. The fourth-order valence-corrected chi connectivity index (χ4v) is 5.91. The van der Waals surface area contributed by atoms with Gasteiger partial charge < -0.3 is 10.0 Å². The number of aromatic nitrogens is 4. The number of hydrogen-bond donors (Lipinski definition) is 1. The van der Waals surface area contributed by atoms with E-state index in [1.54, 1.807) is 11.0 Å². The molecule has 3 aromatic rings. The van der Waals surface area contributed by atoms with Gasteiger partial charge in [0.05, 0.1) is 22.5 Å². The van der Waals surface area contributed by atoms with E-state index in [-0.39, 0.29) is 40.1 Å². The van der Waals surface area contributed by atoms with Crippen molar-refractivity contribution < 1.29 is 18.7 Å². The van der Waals surface area contributed by atoms with Gasteiger partial charge in [-0.1, -0.05) is 19.9 Å². The highest BCUT2D eigenvalue weighted by Gasteiger charge is 2.64. The molecule has 1 saturated carbocycles. The first-order valence-corrected chi connectivity index (χ1v) is 11.3. The highest BCUT2D eigenvalue weighted by atomic mass is 19.1. The highest BCUT2D eigenvalue weighted by Crippen LogP contribution is 2.67. The molecule has 0 saturated heterocycles. The van der Waals surface area contributed by atoms with E-state index in [0.29, 0.717) is 13.1 Å². The van der Waals surface area contributed by atoms with Crippen molar-refractivity contribution in [2.75, 3.05) is 13.1 Å². The minimum atomic E-state index is -0.676. The average Bonchev–Trinajstić information content (AvgIpc) is 3.17. The lowest BCUT2D eigenvalue weighted by Crippen LogP contribution is -2.48. The Bertz CT molecular complexity index is 1260. The predicted molar refractivity (Wildman–Crippen MR) is 120 cm³/mol. The van der Waals surface area contributed by atoms with Crippen LogP contribution in [0.5, 0.6) is 6.01 Å². The quantitative estimate of drug-likeness (QED) is 0.606. The first kappa shape index (κ1) is 22.3. The number of nitrogens with zero attached hydrogens (tertiary/aromatic N) is 5. The van der Waals surface area contributed by atoms with Gasteiger partial charge in [0.1, 0.15) is 11.6 Å². The summed E-state index contributed by atoms with van der Waals surface area (Å²) in [7, 11) is 0. The molecule has 0 aliphatic heterocycles. The summed E-state index contributed by atoms with van der Waals surface area (Å²) in [5.41, 5.74) is 1.34. The molecular formula is C25H25F2N5O2. The van der Waals surface area contributed by atoms with Crippen LogP contribution < -0.4 is 0 Å². The number of halogens is 2. The van der Waals surface area contributed by atoms with Gasteiger partial charge in [0.25, 0.3) is 5.91 Å². The average molecular weight is 466 g/mol. The van der Waals surface area contributed by atoms with Crippen LogP contribution >= 0.6 is 0 Å². The Kier molecular flexibility index (Phi) is 5.11. The number of fused-ring (bicyclic) bond motifs is 5. The van der Waals surface area contributed by atoms with E-state index in [1.807, 2.05) is 6.92 Å². The number of carbonyl (C=O) groups excluding carboxylic acids is 1. The van der Waals surface area contributed by atoms with Crippen LogP contribution in [0.1, 0.15) is 61.1 Å². The van der Waals surface area contributed by atoms with Crippen LogP contribution in [0.4, 0.5) is 8.78 Å². The SMILES string of the molecule is CCN(C[C@@]12CC[C@@H](c3cc(-c4c(F)cccc4F)nnc31)C2(C)C)C(=O)c1cnc(O)nc1. The van der Waals surface area contributed by atoms with E-state index in [1.165, 1.54) is 30.6 Å². The van der Waals surface area contributed by atoms with Crippen LogP contribution in [0, 0.1) is 17.0 Å². The molecule has 2 aliphatic rings. The van der Waals surface area contributed by atoms with Crippen LogP contribution in [-0.4, -0.2) is 49.2 Å². The lowest BCUT2D eigenvalue weighted by molar-refractivity contribution is 0.0651. The third-order valence-electron chi connectivity index (χ3n) is 7.85. The number of aromatic hydroxyl groups is 1. The van der Waals surface area contributed by atoms with Crippen molar-refractivity contribution in [2.24, 2.45) is 5.41 Å². The predicted octanol–water partition coefficient (Wildman–Crippen LogP) is 4.23. The third-order valence-corrected chi connectivity index (χ3v) is 7.85. The summed E-state index contributed by atoms with van der Waals surface area (Å²) in [6.07, 6.45) is 4.34. The summed E-state index contributed by atoms with van der Waals surface area (Å²) >= 11 is 0. The van der Waals surface area contributed by atoms with Gasteiger partial charge in [0.2, 0.25) is 0 Å². The van der Waals surface area contributed by atoms with Crippen LogP contribution in [0.2, 0.25) is 0 Å². The maximum atomic E-state index is 14.4. The van der Waals surface area contributed by atoms with Crippen LogP contribution in [0.25, 0.3) is 11.3 Å². The maximum absolute atomic E-state index is 14.4. The molecule has 0 radical (unpaired) electrons. The highest BCUT2D eigenvalue weighted by molar-refractivity contribution is 5.93. The van der Waals surface area contributed by atoms with E-state index in [0.717, 1.165) is 24.1 Å². The number of benzene rings is 1. The second-order valence-corrected chi connectivity index (χ2v) is 9.62. The van der Waals surface area contributed by atoms with Gasteiger partial charge in [-0.05, 0) is 54.9 Å². The van der Waals surface area contributed by atoms with Crippen molar-refractivity contribution in [3.05, 3.63) is 65.1 Å². The van der Waals surface area contributed by atoms with Crippen LogP contribution in [0.3, 0.4) is 0 Å². The molecule has 9 heteroatoms. The van der Waals surface area contributed by atoms with Crippen LogP contribution in [0.15, 0.2) is 36.7 Å². The van der Waals surface area contributed by atoms with Gasteiger partial charge >= 0.3 is 6.01 Å². The zero-order valence-corrected chi connectivity index (χ0v) is 19.2. The van der Waals surface area contributed by atoms with E-state index >= 15 is 0 Å². The molecule has 1 aromatic carbocycles. The van der Waals surface area contributed by atoms with E-state index in [9.17, 15) is 18.7 Å². The summed E-state index contributed by atoms with van der Waals surface area (Å²) < 4.78 is 28.8. The zero-order chi connectivity index (χ0) is 24.3. The lowest BCUT2D eigenvalue weighted by Gasteiger charge is -2.41. The largest absolute Gasteiger partial charge is 0.479 e. The summed E-state index contributed by atoms with van der Waals surface area (Å²) in [6.45, 7) is 7.11. The van der Waals surface area contributed by atoms with Crippen molar-refractivity contribution in [3.8, 4) is 17.3 Å². The molecule has 176 valence electrons. The molecule has 2 atom stereocenters. The van der Waals surface area contributed by atoms with Gasteiger partial charge in [-0.2, -0.15) is 10.2 Å². The Morgan fingerprint density at radius 2 is 1.85 bits per heavy atom. The van der Waals surface area contributed by atoms with Crippen LogP contribution in [-0.2, 0) is 5.41 Å². The smallest absolute Gasteiger partial charge is 0.313 e. The number of carbonyl (C=O) groups is 1. The molecule has 1 N–H and O–H groups in total. The normalized spacial score (nSPS) is 22.0. The van der Waals surface area contributed by atoms with Gasteiger partial charge in [-0.15, -0.1) is 0 Å². The Morgan fingerprint density at radius 1 is 1.18 bits per heavy atom. The Morgan fingerprint density at radius 3 is 2.50 bits per heavy atom. The molecule has 7 nitrogen and oxygen atoms in total. The monoisotopic (exact) mass is 465 g/mol. The number of amides is 1. The van der Waals surface area contributed by atoms with Gasteiger partial charge in [0, 0.05) is 30.9 Å². The molecular weight excluding hydrogens is 440 g/mol. The zero-order valence-electron chi connectivity index (χ0n) is 19.2. The number of likely N-dealkylation sites (N-methyl/N-ethyl adjacent to an activating group) is 1. The van der Waals surface area contributed by atoms with Crippen molar-refractivity contribution in [1.82, 2.24) is 25.1 Å². The molecule has 1 amide bonds. The van der Waals surface area contributed by atoms with Crippen molar-refractivity contribution in [3.63, 3.8) is 0 Å². The summed E-state index contributed by atoms with van der Waals surface area (Å²) in [5, 5.41) is 18.1. The number of hydrogen-bond acceptors (Lipinski definition) is 6. The molecule has 5 rings (SSSR count). The summed E-state index contributed by atoms with van der Waals surface area (Å²) in [4.78, 5) is 22.4. The fraction of sp³-hybridized carbons (Fsp3) is 0.400. The van der Waals surface area contributed by atoms with Crippen molar-refractivity contribution >= 4 is 5.91 Å². The van der Waals surface area contributed by atoms with Gasteiger partial charge in [-0.25, -0.2) is 18.7 Å². The van der Waals surface area contributed by atoms with E-state index in [4.69, 9.17) is 0 Å². The first-order chi connectivity index (χ1) is 16.2. The van der Waals surface area contributed by atoms with Crippen molar-refractivity contribution in [2.45, 2.75) is 44.9 Å². The second-order valence-electron chi connectivity index (χ2n) is 9.62. The maximum Gasteiger partial charge on any atom is 0.313 e. The fourth-order valence-electron chi connectivity index (χ4n) is 5.91. The molecule has 34 heavy (non-hydrogen) atoms. The molecule has 0 unspecified atom stereocenters. The minimum absolute atomic E-state index is 0.136. The molecule has 2 bridgehead atoms. The van der Waals surface area contributed by atoms with Gasteiger partial charge in [-0.3, -0.25) is 4.79 Å². The van der Waals surface area contributed by atoms with Crippen molar-refractivity contribution in [1.29, 1.82) is 0 Å². The standard InChI is InChI=1S/C25H25F2N5O2/c1-4-32(22(33)14-11-28-23(34)29-12-14)13-25-9-8-16(24(25,2)3)15-10-19(30-31-21(15)25)20-17(26)6-5-7-18(20)27/h5-7,10-12,16H,4,8-9,13H2,1-3H3,(H,28,29,34)/t16-,25-/m0/s1. The summed E-state index contributed by atoms with van der Waals surface area (Å²) in [6, 6.07) is 5.12. The first-order valence-electron chi connectivity index (χ1n) is 11.3. The lowest BCUT2D eigenvalue weighted by atomic mass is 9.68. The Hall–Kier alpha value is -3.49. The van der Waals surface area contributed by atoms with E-state index < -0.39 is 17.0 Å². The van der Waals surface area contributed by atoms with E-state index in [2.05, 4.69) is 34.0 Å². The Balaban J connectivity index is 1.55.